The normalized spacial score (nSPS) is 18.9. The maximum Gasteiger partial charge on any atom is 0.254 e. The smallest absolute Gasteiger partial charge is 0.254 e. The average molecular weight is 318 g/mol. The van der Waals surface area contributed by atoms with Crippen LogP contribution in [-0.2, 0) is 16.1 Å². The number of amides is 1. The number of nitrogens with one attached hydrogen (secondary N) is 1. The first-order chi connectivity index (χ1) is 10.9. The van der Waals surface area contributed by atoms with Gasteiger partial charge in [-0.2, -0.15) is 14.6 Å². The number of methoxy groups -OCH3 is 1. The fourth-order valence-corrected chi connectivity index (χ4v) is 2.85. The standard InChI is InChI=1S/C15H22N6O2/c1-15(2,3)20-7-10(6-13(20)22)18-12-5-11(8-23-4)19-14-16-9-17-21(12)14/h5,9-10,18H,6-8H2,1-4H3. The van der Waals surface area contributed by atoms with E-state index in [2.05, 4.69) is 20.4 Å². The molecular formula is C15H22N6O2. The van der Waals surface area contributed by atoms with E-state index in [4.69, 9.17) is 4.74 Å². The van der Waals surface area contributed by atoms with Crippen molar-refractivity contribution in [3.05, 3.63) is 18.1 Å². The largest absolute Gasteiger partial charge is 0.378 e. The van der Waals surface area contributed by atoms with Gasteiger partial charge >= 0.3 is 0 Å². The molecule has 0 bridgehead atoms. The Morgan fingerprint density at radius 3 is 2.87 bits per heavy atom. The van der Waals surface area contributed by atoms with Crippen molar-refractivity contribution in [2.45, 2.75) is 45.4 Å². The molecule has 1 amide bonds. The van der Waals surface area contributed by atoms with Gasteiger partial charge in [-0.25, -0.2) is 4.98 Å². The third-order valence-corrected chi connectivity index (χ3v) is 3.88. The van der Waals surface area contributed by atoms with E-state index in [1.165, 1.54) is 6.33 Å². The minimum atomic E-state index is -0.171. The zero-order chi connectivity index (χ0) is 16.6. The number of fused-ring (bicyclic) bond motifs is 1. The molecule has 8 nitrogen and oxygen atoms in total. The molecular weight excluding hydrogens is 296 g/mol. The number of rotatable bonds is 4. The Balaban J connectivity index is 1.84. The van der Waals surface area contributed by atoms with Crippen molar-refractivity contribution in [1.82, 2.24) is 24.5 Å². The van der Waals surface area contributed by atoms with Crippen molar-refractivity contribution >= 4 is 17.5 Å². The van der Waals surface area contributed by atoms with Crippen LogP contribution in [0.5, 0.6) is 0 Å². The molecule has 2 aromatic rings. The number of aromatic nitrogens is 4. The lowest BCUT2D eigenvalue weighted by Gasteiger charge is -2.32. The Morgan fingerprint density at radius 2 is 2.22 bits per heavy atom. The quantitative estimate of drug-likeness (QED) is 0.908. The molecule has 3 heterocycles. The Hall–Kier alpha value is -2.22. The Morgan fingerprint density at radius 1 is 1.43 bits per heavy atom. The van der Waals surface area contributed by atoms with Crippen molar-refractivity contribution in [1.29, 1.82) is 0 Å². The lowest BCUT2D eigenvalue weighted by atomic mass is 10.1. The van der Waals surface area contributed by atoms with E-state index in [-0.39, 0.29) is 17.5 Å². The van der Waals surface area contributed by atoms with Gasteiger partial charge in [-0.1, -0.05) is 0 Å². The van der Waals surface area contributed by atoms with Crippen LogP contribution < -0.4 is 5.32 Å². The maximum atomic E-state index is 12.2. The number of hydrogen-bond acceptors (Lipinski definition) is 6. The highest BCUT2D eigenvalue weighted by Crippen LogP contribution is 2.24. The summed E-state index contributed by atoms with van der Waals surface area (Å²) in [5.74, 6) is 1.45. The lowest BCUT2D eigenvalue weighted by molar-refractivity contribution is -0.131. The first kappa shape index (κ1) is 15.7. The van der Waals surface area contributed by atoms with Crippen LogP contribution in [0.4, 0.5) is 5.82 Å². The molecule has 2 aromatic heterocycles. The first-order valence-electron chi connectivity index (χ1n) is 7.64. The van der Waals surface area contributed by atoms with Crippen LogP contribution in [0.1, 0.15) is 32.9 Å². The van der Waals surface area contributed by atoms with Gasteiger partial charge in [0.15, 0.2) is 0 Å². The Labute approximate surface area is 134 Å². The van der Waals surface area contributed by atoms with Crippen molar-refractivity contribution in [2.75, 3.05) is 19.0 Å². The van der Waals surface area contributed by atoms with E-state index in [0.29, 0.717) is 25.4 Å². The summed E-state index contributed by atoms with van der Waals surface area (Å²) in [6.07, 6.45) is 1.93. The number of nitrogens with zero attached hydrogens (tertiary/aromatic N) is 5. The molecule has 124 valence electrons. The van der Waals surface area contributed by atoms with Gasteiger partial charge in [-0.15, -0.1) is 0 Å². The molecule has 0 aliphatic carbocycles. The van der Waals surface area contributed by atoms with Gasteiger partial charge in [0.2, 0.25) is 5.91 Å². The number of hydrogen-bond donors (Lipinski definition) is 1. The molecule has 1 unspecified atom stereocenters. The molecule has 0 spiro atoms. The summed E-state index contributed by atoms with van der Waals surface area (Å²) in [5, 5.41) is 7.59. The van der Waals surface area contributed by atoms with Gasteiger partial charge in [-0.05, 0) is 20.8 Å². The van der Waals surface area contributed by atoms with Crippen molar-refractivity contribution in [3.63, 3.8) is 0 Å². The zero-order valence-electron chi connectivity index (χ0n) is 13.9. The first-order valence-corrected chi connectivity index (χ1v) is 7.64. The molecule has 0 aromatic carbocycles. The molecule has 1 aliphatic rings. The molecule has 0 radical (unpaired) electrons. The van der Waals surface area contributed by atoms with Gasteiger partial charge in [0, 0.05) is 31.7 Å². The Kier molecular flexibility index (Phi) is 3.93. The van der Waals surface area contributed by atoms with Crippen molar-refractivity contribution in [3.8, 4) is 0 Å². The second-order valence-corrected chi connectivity index (χ2v) is 6.76. The molecule has 1 N–H and O–H groups in total. The maximum absolute atomic E-state index is 12.2. The predicted octanol–water partition coefficient (Wildman–Crippen LogP) is 1.08. The fourth-order valence-electron chi connectivity index (χ4n) is 2.85. The minimum absolute atomic E-state index is 0.0342. The van der Waals surface area contributed by atoms with Crippen molar-refractivity contribution < 1.29 is 9.53 Å². The van der Waals surface area contributed by atoms with Crippen LogP contribution >= 0.6 is 0 Å². The minimum Gasteiger partial charge on any atom is -0.378 e. The Bertz CT molecular complexity index is 720. The number of anilines is 1. The van der Waals surface area contributed by atoms with Crippen LogP contribution in [0.2, 0.25) is 0 Å². The number of ether oxygens (including phenoxy) is 1. The van der Waals surface area contributed by atoms with E-state index in [1.807, 2.05) is 31.7 Å². The molecule has 0 saturated carbocycles. The summed E-state index contributed by atoms with van der Waals surface area (Å²) in [7, 11) is 1.62. The highest BCUT2D eigenvalue weighted by molar-refractivity contribution is 5.80. The summed E-state index contributed by atoms with van der Waals surface area (Å²) < 4.78 is 6.79. The van der Waals surface area contributed by atoms with E-state index in [9.17, 15) is 4.79 Å². The highest BCUT2D eigenvalue weighted by atomic mass is 16.5. The van der Waals surface area contributed by atoms with Gasteiger partial charge in [0.1, 0.15) is 12.1 Å². The highest BCUT2D eigenvalue weighted by Gasteiger charge is 2.36. The topological polar surface area (TPSA) is 84.7 Å². The van der Waals surface area contributed by atoms with E-state index in [0.717, 1.165) is 11.5 Å². The van der Waals surface area contributed by atoms with Crippen LogP contribution in [0.3, 0.4) is 0 Å². The zero-order valence-corrected chi connectivity index (χ0v) is 13.9. The fraction of sp³-hybridized carbons (Fsp3) is 0.600. The van der Waals surface area contributed by atoms with Crippen LogP contribution in [0, 0.1) is 0 Å². The van der Waals surface area contributed by atoms with Gasteiger partial charge in [0.25, 0.3) is 5.78 Å². The average Bonchev–Trinajstić information content (AvgIpc) is 3.05. The second kappa shape index (κ2) is 5.77. The summed E-state index contributed by atoms with van der Waals surface area (Å²) >= 11 is 0. The van der Waals surface area contributed by atoms with Crippen LogP contribution in [0.25, 0.3) is 5.78 Å². The SMILES string of the molecule is COCc1cc(NC2CC(=O)N(C(C)(C)C)C2)n2ncnc2n1. The summed E-state index contributed by atoms with van der Waals surface area (Å²) in [4.78, 5) is 22.6. The molecule has 3 rings (SSSR count). The van der Waals surface area contributed by atoms with Crippen LogP contribution in [-0.4, -0.2) is 55.6 Å². The summed E-state index contributed by atoms with van der Waals surface area (Å²) in [5.41, 5.74) is 0.600. The monoisotopic (exact) mass is 318 g/mol. The van der Waals surface area contributed by atoms with Gasteiger partial charge in [0.05, 0.1) is 18.3 Å². The molecule has 8 heteroatoms. The summed E-state index contributed by atoms with van der Waals surface area (Å²) in [6, 6.07) is 1.92. The number of carbonyl (C=O) groups is 1. The summed E-state index contributed by atoms with van der Waals surface area (Å²) in [6.45, 7) is 7.21. The third-order valence-electron chi connectivity index (χ3n) is 3.88. The lowest BCUT2D eigenvalue weighted by Crippen LogP contribution is -2.43. The third kappa shape index (κ3) is 3.12. The number of likely N-dealkylation sites (tertiary alicyclic amines) is 1. The van der Waals surface area contributed by atoms with E-state index < -0.39 is 0 Å². The van der Waals surface area contributed by atoms with E-state index >= 15 is 0 Å². The number of carbonyl (C=O) groups excluding carboxylic acids is 1. The molecule has 1 saturated heterocycles. The molecule has 1 aliphatic heterocycles. The van der Waals surface area contributed by atoms with Gasteiger partial charge in [-0.3, -0.25) is 4.79 Å². The van der Waals surface area contributed by atoms with Gasteiger partial charge < -0.3 is 15.0 Å². The van der Waals surface area contributed by atoms with E-state index in [1.54, 1.807) is 11.6 Å². The second-order valence-electron chi connectivity index (χ2n) is 6.76. The predicted molar refractivity (Wildman–Crippen MR) is 85.0 cm³/mol. The van der Waals surface area contributed by atoms with Crippen LogP contribution in [0.15, 0.2) is 12.4 Å². The van der Waals surface area contributed by atoms with Crippen molar-refractivity contribution in [2.24, 2.45) is 0 Å². The molecule has 23 heavy (non-hydrogen) atoms. The molecule has 1 fully saturated rings. The molecule has 1 atom stereocenters.